The summed E-state index contributed by atoms with van der Waals surface area (Å²) in [5, 5.41) is 10.1. The van der Waals surface area contributed by atoms with Crippen molar-refractivity contribution in [2.45, 2.75) is 0 Å². The second kappa shape index (κ2) is 16.8. The summed E-state index contributed by atoms with van der Waals surface area (Å²) in [7, 11) is 0. The van der Waals surface area contributed by atoms with E-state index in [2.05, 4.69) is 267 Å². The van der Waals surface area contributed by atoms with Crippen molar-refractivity contribution < 1.29 is 0 Å². The van der Waals surface area contributed by atoms with Crippen LogP contribution in [0.4, 0.5) is 0 Å². The number of benzene rings is 12. The van der Waals surface area contributed by atoms with Crippen molar-refractivity contribution in [3.05, 3.63) is 266 Å². The van der Waals surface area contributed by atoms with Gasteiger partial charge in [0, 0.05) is 0 Å². The van der Waals surface area contributed by atoms with E-state index in [1.807, 2.05) is 0 Å². The van der Waals surface area contributed by atoms with Gasteiger partial charge in [-0.3, -0.25) is 0 Å². The van der Waals surface area contributed by atoms with Crippen molar-refractivity contribution in [2.24, 2.45) is 0 Å². The van der Waals surface area contributed by atoms with E-state index in [-0.39, 0.29) is 0 Å². The third-order valence-electron chi connectivity index (χ3n) is 13.3. The predicted molar refractivity (Wildman–Crippen MR) is 284 cm³/mol. The first kappa shape index (κ1) is 39.0. The summed E-state index contributed by atoms with van der Waals surface area (Å²) < 4.78 is 0. The highest BCUT2D eigenvalue weighted by Gasteiger charge is 2.20. The fourth-order valence-corrected chi connectivity index (χ4v) is 10.4. The minimum Gasteiger partial charge on any atom is -0.0622 e. The van der Waals surface area contributed by atoms with E-state index in [9.17, 15) is 0 Å². The Balaban J connectivity index is 0.904. The van der Waals surface area contributed by atoms with Crippen molar-refractivity contribution in [3.8, 4) is 66.8 Å². The van der Waals surface area contributed by atoms with Gasteiger partial charge in [-0.05, 0) is 127 Å². The quantitative estimate of drug-likeness (QED) is 0.106. The van der Waals surface area contributed by atoms with Gasteiger partial charge in [-0.1, -0.05) is 261 Å². The molecule has 0 spiro atoms. The molecule has 0 atom stereocenters. The largest absolute Gasteiger partial charge is 0.0622 e. The van der Waals surface area contributed by atoms with Crippen molar-refractivity contribution in [3.63, 3.8) is 0 Å². The molecule has 12 rings (SSSR count). The van der Waals surface area contributed by atoms with E-state index in [4.69, 9.17) is 0 Å². The average molecular weight is 837 g/mol. The molecule has 12 aromatic rings. The molecular formula is C66H44. The molecule has 0 amide bonds. The fraction of sp³-hybridized carbons (Fsp3) is 0. The zero-order chi connectivity index (χ0) is 43.8. The van der Waals surface area contributed by atoms with Gasteiger partial charge in [-0.15, -0.1) is 0 Å². The van der Waals surface area contributed by atoms with Crippen molar-refractivity contribution in [1.29, 1.82) is 0 Å². The smallest absolute Gasteiger partial charge is 0.00201 e. The van der Waals surface area contributed by atoms with Crippen LogP contribution in [0.2, 0.25) is 0 Å². The summed E-state index contributed by atoms with van der Waals surface area (Å²) in [6, 6.07) is 92.9. The van der Waals surface area contributed by atoms with E-state index in [0.29, 0.717) is 0 Å². The normalized spacial score (nSPS) is 11.6. The third-order valence-corrected chi connectivity index (χ3v) is 13.3. The van der Waals surface area contributed by atoms with Gasteiger partial charge < -0.3 is 0 Å². The highest BCUT2D eigenvalue weighted by atomic mass is 14.2. The average Bonchev–Trinajstić information content (AvgIpc) is 3.39. The van der Waals surface area contributed by atoms with Gasteiger partial charge in [-0.25, -0.2) is 0 Å². The van der Waals surface area contributed by atoms with Gasteiger partial charge >= 0.3 is 0 Å². The van der Waals surface area contributed by atoms with Crippen LogP contribution in [-0.2, 0) is 0 Å². The summed E-state index contributed by atoms with van der Waals surface area (Å²) >= 11 is 0. The molecule has 0 N–H and O–H groups in total. The highest BCUT2D eigenvalue weighted by molar-refractivity contribution is 6.23. The SMILES string of the molecule is C(=Cc1ccccc1-c1ccccc1-c1c2ccccc2c(-c2ccccc2)c2ccccc12)c1cccc(-c2ccc(-c3c4ccccc4c(-c4ccccc4)c4ccccc34)cc2)c1. The van der Waals surface area contributed by atoms with Crippen LogP contribution in [0.5, 0.6) is 0 Å². The molecule has 308 valence electrons. The topological polar surface area (TPSA) is 0 Å². The first-order valence-electron chi connectivity index (χ1n) is 22.8. The standard InChI is InChI=1S/C66H44/c1-3-22-48(23-4-1)63-55-30-11-13-32-57(55)65(58-33-14-12-31-56(58)63)50-42-40-46(41-43-50)51-26-19-20-45(44-51)38-39-47-21-7-8-27-52(47)53-28-9-10-29-54(53)66-61-36-17-15-34-59(61)64(49-24-5-2-6-25-49)60-35-16-18-37-62(60)66/h1-44H. The molecule has 0 saturated heterocycles. The molecule has 0 radical (unpaired) electrons. The van der Waals surface area contributed by atoms with Crippen LogP contribution >= 0.6 is 0 Å². The lowest BCUT2D eigenvalue weighted by atomic mass is 9.83. The molecule has 12 aromatic carbocycles. The van der Waals surface area contributed by atoms with Crippen molar-refractivity contribution >= 4 is 55.2 Å². The molecule has 0 bridgehead atoms. The van der Waals surface area contributed by atoms with Crippen molar-refractivity contribution in [1.82, 2.24) is 0 Å². The molecule has 66 heavy (non-hydrogen) atoms. The lowest BCUT2D eigenvalue weighted by Gasteiger charge is -2.20. The van der Waals surface area contributed by atoms with E-state index >= 15 is 0 Å². The summed E-state index contributed by atoms with van der Waals surface area (Å²) in [4.78, 5) is 0. The van der Waals surface area contributed by atoms with Crippen LogP contribution in [0.1, 0.15) is 11.1 Å². The predicted octanol–water partition coefficient (Wildman–Crippen LogP) is 18.5. The monoisotopic (exact) mass is 836 g/mol. The highest BCUT2D eigenvalue weighted by Crippen LogP contribution is 2.47. The maximum Gasteiger partial charge on any atom is -0.00201 e. The van der Waals surface area contributed by atoms with Crippen LogP contribution in [0, 0.1) is 0 Å². The number of rotatable bonds is 8. The van der Waals surface area contributed by atoms with Gasteiger partial charge in [0.25, 0.3) is 0 Å². The van der Waals surface area contributed by atoms with Gasteiger partial charge in [0.2, 0.25) is 0 Å². The van der Waals surface area contributed by atoms with E-state index < -0.39 is 0 Å². The first-order chi connectivity index (χ1) is 32.8. The van der Waals surface area contributed by atoms with E-state index in [1.165, 1.54) is 115 Å². The second-order valence-corrected chi connectivity index (χ2v) is 17.1. The molecule has 0 unspecified atom stereocenters. The molecule has 0 aliphatic rings. The number of hydrogen-bond acceptors (Lipinski definition) is 0. The summed E-state index contributed by atoms with van der Waals surface area (Å²) in [6.07, 6.45) is 4.53. The number of hydrogen-bond donors (Lipinski definition) is 0. The van der Waals surface area contributed by atoms with Crippen LogP contribution in [0.3, 0.4) is 0 Å². The Labute approximate surface area is 386 Å². The maximum absolute atomic E-state index is 2.30. The zero-order valence-corrected chi connectivity index (χ0v) is 36.4. The second-order valence-electron chi connectivity index (χ2n) is 17.1. The maximum atomic E-state index is 2.30. The Morgan fingerprint density at radius 2 is 0.545 bits per heavy atom. The summed E-state index contributed by atoms with van der Waals surface area (Å²) in [5.74, 6) is 0. The van der Waals surface area contributed by atoms with Crippen molar-refractivity contribution in [2.75, 3.05) is 0 Å². The van der Waals surface area contributed by atoms with Gasteiger partial charge in [-0.2, -0.15) is 0 Å². The van der Waals surface area contributed by atoms with Crippen LogP contribution < -0.4 is 0 Å². The Morgan fingerprint density at radius 3 is 1.03 bits per heavy atom. The van der Waals surface area contributed by atoms with Crippen LogP contribution in [-0.4, -0.2) is 0 Å². The van der Waals surface area contributed by atoms with Crippen LogP contribution in [0.25, 0.3) is 122 Å². The molecule has 0 nitrogen and oxygen atoms in total. The molecule has 0 aromatic heterocycles. The summed E-state index contributed by atoms with van der Waals surface area (Å²) in [6.45, 7) is 0. The minimum absolute atomic E-state index is 1.15. The third kappa shape index (κ3) is 6.88. The van der Waals surface area contributed by atoms with Gasteiger partial charge in [0.15, 0.2) is 0 Å². The molecular weight excluding hydrogens is 793 g/mol. The molecule has 0 heterocycles. The molecule has 0 fully saturated rings. The van der Waals surface area contributed by atoms with Crippen LogP contribution in [0.15, 0.2) is 255 Å². The number of fused-ring (bicyclic) bond motifs is 4. The van der Waals surface area contributed by atoms with E-state index in [1.54, 1.807) is 0 Å². The Bertz CT molecular complexity index is 3670. The molecule has 0 aliphatic carbocycles. The molecule has 0 heteroatoms. The lowest BCUT2D eigenvalue weighted by molar-refractivity contribution is 1.58. The lowest BCUT2D eigenvalue weighted by Crippen LogP contribution is -1.93. The Morgan fingerprint density at radius 1 is 0.197 bits per heavy atom. The van der Waals surface area contributed by atoms with Gasteiger partial charge in [0.1, 0.15) is 0 Å². The Hall–Kier alpha value is -8.58. The molecule has 0 saturated carbocycles. The fourth-order valence-electron chi connectivity index (χ4n) is 10.4. The molecule has 0 aliphatic heterocycles. The van der Waals surface area contributed by atoms with Gasteiger partial charge in [0.05, 0.1) is 0 Å². The summed E-state index contributed by atoms with van der Waals surface area (Å²) in [5.41, 5.74) is 17.1. The minimum atomic E-state index is 1.15. The van der Waals surface area contributed by atoms with E-state index in [0.717, 1.165) is 5.56 Å². The Kier molecular flexibility index (Phi) is 9.97. The zero-order valence-electron chi connectivity index (χ0n) is 36.4. The first-order valence-corrected chi connectivity index (χ1v) is 22.8.